The summed E-state index contributed by atoms with van der Waals surface area (Å²) in [6.07, 6.45) is 5.33. The smallest absolute Gasteiger partial charge is 0.0491 e. The van der Waals surface area contributed by atoms with E-state index in [1.54, 1.807) is 0 Å². The van der Waals surface area contributed by atoms with E-state index in [1.165, 1.54) is 44.5 Å². The Balaban J connectivity index is 1.76. The van der Waals surface area contributed by atoms with Crippen LogP contribution in [0.3, 0.4) is 0 Å². The van der Waals surface area contributed by atoms with Crippen LogP contribution in [0, 0.1) is 6.92 Å². The summed E-state index contributed by atoms with van der Waals surface area (Å²) in [5, 5.41) is 3.73. The van der Waals surface area contributed by atoms with Crippen LogP contribution in [-0.4, -0.2) is 30.1 Å². The molecule has 0 amide bonds. The van der Waals surface area contributed by atoms with E-state index in [0.29, 0.717) is 6.04 Å². The molecule has 19 heavy (non-hydrogen) atoms. The minimum absolute atomic E-state index is 0.583. The summed E-state index contributed by atoms with van der Waals surface area (Å²) in [7, 11) is 0. The molecular weight excluding hydrogens is 302 g/mol. The second-order valence-electron chi connectivity index (χ2n) is 5.83. The third-order valence-electron chi connectivity index (χ3n) is 4.55. The van der Waals surface area contributed by atoms with Gasteiger partial charge in [0.2, 0.25) is 0 Å². The first kappa shape index (κ1) is 13.3. The predicted molar refractivity (Wildman–Crippen MR) is 84.5 cm³/mol. The molecule has 4 heteroatoms. The van der Waals surface area contributed by atoms with Crippen molar-refractivity contribution in [2.75, 3.05) is 24.1 Å². The highest BCUT2D eigenvalue weighted by molar-refractivity contribution is 9.10. The number of hydrogen-bond acceptors (Lipinski definition) is 3. The number of nitrogens with one attached hydrogen (secondary N) is 1. The number of rotatable bonds is 2. The number of benzene rings is 1. The lowest BCUT2D eigenvalue weighted by molar-refractivity contribution is 0.193. The third kappa shape index (κ3) is 2.61. The molecule has 2 unspecified atom stereocenters. The van der Waals surface area contributed by atoms with Crippen molar-refractivity contribution in [3.05, 3.63) is 22.2 Å². The summed E-state index contributed by atoms with van der Waals surface area (Å²) in [6.45, 7) is 4.59. The molecule has 3 nitrogen and oxygen atoms in total. The number of nitrogen functional groups attached to an aromatic ring is 1. The van der Waals surface area contributed by atoms with E-state index >= 15 is 0 Å². The fourth-order valence-corrected chi connectivity index (χ4v) is 3.90. The highest BCUT2D eigenvalue weighted by Crippen LogP contribution is 2.33. The quantitative estimate of drug-likeness (QED) is 0.820. The van der Waals surface area contributed by atoms with E-state index in [-0.39, 0.29) is 0 Å². The zero-order valence-corrected chi connectivity index (χ0v) is 13.0. The van der Waals surface area contributed by atoms with Gasteiger partial charge in [0, 0.05) is 34.5 Å². The Hall–Kier alpha value is -0.740. The number of nitrogens with zero attached hydrogens (tertiary/aromatic N) is 1. The number of piperidine rings is 1. The van der Waals surface area contributed by atoms with E-state index in [2.05, 4.69) is 39.1 Å². The van der Waals surface area contributed by atoms with Gasteiger partial charge in [-0.25, -0.2) is 0 Å². The number of aryl methyl sites for hydroxylation is 1. The molecule has 2 saturated heterocycles. The fraction of sp³-hybridized carbons (Fsp3) is 0.600. The van der Waals surface area contributed by atoms with Gasteiger partial charge in [0.05, 0.1) is 0 Å². The van der Waals surface area contributed by atoms with Gasteiger partial charge >= 0.3 is 0 Å². The van der Waals surface area contributed by atoms with Gasteiger partial charge in [0.25, 0.3) is 0 Å². The lowest BCUT2D eigenvalue weighted by Gasteiger charge is -2.33. The maximum Gasteiger partial charge on any atom is 0.0491 e. The van der Waals surface area contributed by atoms with Gasteiger partial charge in [-0.05, 0) is 66.4 Å². The van der Waals surface area contributed by atoms with Crippen LogP contribution in [0.15, 0.2) is 16.6 Å². The molecule has 3 N–H and O–H groups in total. The standard InChI is InChI=1S/C15H22BrN3/c1-10-8-14(11(16)9-12(10)17)18-13-5-7-19-6-3-2-4-15(13)19/h8-9,13,15,18H,2-7,17H2,1H3. The summed E-state index contributed by atoms with van der Waals surface area (Å²) in [5.74, 6) is 0. The van der Waals surface area contributed by atoms with Crippen LogP contribution in [0.2, 0.25) is 0 Å². The van der Waals surface area contributed by atoms with Crippen LogP contribution in [0.25, 0.3) is 0 Å². The van der Waals surface area contributed by atoms with Gasteiger partial charge in [0.1, 0.15) is 0 Å². The third-order valence-corrected chi connectivity index (χ3v) is 5.21. The maximum atomic E-state index is 5.94. The van der Waals surface area contributed by atoms with E-state index in [4.69, 9.17) is 5.73 Å². The van der Waals surface area contributed by atoms with Crippen LogP contribution in [0.5, 0.6) is 0 Å². The molecule has 2 atom stereocenters. The van der Waals surface area contributed by atoms with E-state index in [9.17, 15) is 0 Å². The summed E-state index contributed by atoms with van der Waals surface area (Å²) >= 11 is 3.62. The summed E-state index contributed by atoms with van der Waals surface area (Å²) in [6, 6.07) is 5.47. The molecule has 3 rings (SSSR count). The Morgan fingerprint density at radius 1 is 1.26 bits per heavy atom. The number of fused-ring (bicyclic) bond motifs is 1. The van der Waals surface area contributed by atoms with Gasteiger partial charge in [-0.1, -0.05) is 6.42 Å². The molecule has 2 heterocycles. The Bertz CT molecular complexity index is 475. The fourth-order valence-electron chi connectivity index (χ4n) is 3.42. The second kappa shape index (κ2) is 5.33. The normalized spacial score (nSPS) is 27.3. The highest BCUT2D eigenvalue weighted by atomic mass is 79.9. The molecule has 2 aliphatic rings. The number of nitrogens with two attached hydrogens (primary N) is 1. The van der Waals surface area contributed by atoms with Crippen LogP contribution in [0.1, 0.15) is 31.2 Å². The molecule has 0 spiro atoms. The molecule has 1 aromatic carbocycles. The monoisotopic (exact) mass is 323 g/mol. The lowest BCUT2D eigenvalue weighted by atomic mass is 9.98. The first-order valence-corrected chi connectivity index (χ1v) is 8.00. The zero-order chi connectivity index (χ0) is 13.4. The van der Waals surface area contributed by atoms with Gasteiger partial charge in [0.15, 0.2) is 0 Å². The van der Waals surface area contributed by atoms with Crippen molar-refractivity contribution in [2.45, 2.75) is 44.7 Å². The Morgan fingerprint density at radius 2 is 2.11 bits per heavy atom. The van der Waals surface area contributed by atoms with Crippen molar-refractivity contribution in [3.8, 4) is 0 Å². The molecular formula is C15H22BrN3. The topological polar surface area (TPSA) is 41.3 Å². The van der Waals surface area contributed by atoms with Crippen LogP contribution in [-0.2, 0) is 0 Å². The average Bonchev–Trinajstić information content (AvgIpc) is 2.80. The molecule has 0 aromatic heterocycles. The predicted octanol–water partition coefficient (Wildman–Crippen LogP) is 3.38. The number of halogens is 1. The summed E-state index contributed by atoms with van der Waals surface area (Å²) < 4.78 is 1.07. The lowest BCUT2D eigenvalue weighted by Crippen LogP contribution is -2.41. The van der Waals surface area contributed by atoms with E-state index < -0.39 is 0 Å². The summed E-state index contributed by atoms with van der Waals surface area (Å²) in [5.41, 5.74) is 9.12. The van der Waals surface area contributed by atoms with Gasteiger partial charge in [-0.2, -0.15) is 0 Å². The zero-order valence-electron chi connectivity index (χ0n) is 11.5. The van der Waals surface area contributed by atoms with Gasteiger partial charge in [-0.15, -0.1) is 0 Å². The molecule has 2 aliphatic heterocycles. The minimum atomic E-state index is 0.583. The van der Waals surface area contributed by atoms with Crippen LogP contribution >= 0.6 is 15.9 Å². The number of hydrogen-bond donors (Lipinski definition) is 2. The maximum absolute atomic E-state index is 5.94. The molecule has 0 aliphatic carbocycles. The molecule has 0 saturated carbocycles. The Morgan fingerprint density at radius 3 is 2.95 bits per heavy atom. The molecule has 104 valence electrons. The van der Waals surface area contributed by atoms with Gasteiger partial charge in [-0.3, -0.25) is 4.90 Å². The highest BCUT2D eigenvalue weighted by Gasteiger charge is 2.35. The first-order valence-electron chi connectivity index (χ1n) is 7.21. The average molecular weight is 324 g/mol. The first-order chi connectivity index (χ1) is 9.15. The van der Waals surface area contributed by atoms with E-state index in [0.717, 1.165) is 21.8 Å². The molecule has 2 fully saturated rings. The molecule has 0 bridgehead atoms. The van der Waals surface area contributed by atoms with Crippen molar-refractivity contribution in [2.24, 2.45) is 0 Å². The van der Waals surface area contributed by atoms with Crippen LogP contribution < -0.4 is 11.1 Å². The number of anilines is 2. The van der Waals surface area contributed by atoms with Crippen molar-refractivity contribution in [1.29, 1.82) is 0 Å². The van der Waals surface area contributed by atoms with Crippen molar-refractivity contribution >= 4 is 27.3 Å². The Kier molecular flexibility index (Phi) is 3.72. The Labute approximate surface area is 123 Å². The van der Waals surface area contributed by atoms with Crippen molar-refractivity contribution in [3.63, 3.8) is 0 Å². The van der Waals surface area contributed by atoms with Gasteiger partial charge < -0.3 is 11.1 Å². The SMILES string of the molecule is Cc1cc(NC2CCN3CCCCC23)c(Br)cc1N. The van der Waals surface area contributed by atoms with Crippen molar-refractivity contribution in [1.82, 2.24) is 4.90 Å². The molecule has 1 aromatic rings. The van der Waals surface area contributed by atoms with E-state index in [1.807, 2.05) is 6.07 Å². The minimum Gasteiger partial charge on any atom is -0.398 e. The van der Waals surface area contributed by atoms with Crippen LogP contribution in [0.4, 0.5) is 11.4 Å². The van der Waals surface area contributed by atoms with Crippen molar-refractivity contribution < 1.29 is 0 Å². The molecule has 0 radical (unpaired) electrons. The largest absolute Gasteiger partial charge is 0.398 e. The summed E-state index contributed by atoms with van der Waals surface area (Å²) in [4.78, 5) is 2.65. The second-order valence-corrected chi connectivity index (χ2v) is 6.68.